The molecule has 27 heavy (non-hydrogen) atoms. The van der Waals surface area contributed by atoms with Gasteiger partial charge in [0, 0.05) is 19.2 Å². The first-order valence-corrected chi connectivity index (χ1v) is 9.80. The predicted molar refractivity (Wildman–Crippen MR) is 99.8 cm³/mol. The van der Waals surface area contributed by atoms with Crippen LogP contribution in [0.5, 0.6) is 0 Å². The third-order valence-electron chi connectivity index (χ3n) is 6.37. The van der Waals surface area contributed by atoms with Crippen molar-refractivity contribution >= 4 is 11.6 Å². The fraction of sp³-hybridized carbons (Fsp3) is 0.667. The molecule has 1 unspecified atom stereocenters. The second kappa shape index (κ2) is 7.13. The number of aliphatic hydroxyl groups is 2. The molecule has 1 aromatic carbocycles. The molecule has 1 heterocycles. The molecule has 1 saturated carbocycles. The van der Waals surface area contributed by atoms with Crippen molar-refractivity contribution in [2.24, 2.45) is 5.41 Å². The summed E-state index contributed by atoms with van der Waals surface area (Å²) < 4.78 is 26.6. The van der Waals surface area contributed by atoms with Gasteiger partial charge in [-0.25, -0.2) is 8.78 Å². The highest BCUT2D eigenvalue weighted by atomic mass is 19.3. The van der Waals surface area contributed by atoms with E-state index in [1.54, 1.807) is 17.0 Å². The van der Waals surface area contributed by atoms with Gasteiger partial charge >= 0.3 is 0 Å². The Morgan fingerprint density at radius 3 is 2.26 bits per heavy atom. The number of rotatable bonds is 5. The lowest BCUT2D eigenvalue weighted by atomic mass is 9.67. The third-order valence-corrected chi connectivity index (χ3v) is 6.37. The minimum Gasteiger partial charge on any atom is -0.390 e. The first-order valence-electron chi connectivity index (χ1n) is 9.80. The van der Waals surface area contributed by atoms with E-state index in [2.05, 4.69) is 6.92 Å². The van der Waals surface area contributed by atoms with Gasteiger partial charge in [0.2, 0.25) is 5.91 Å². The molecule has 1 amide bonds. The van der Waals surface area contributed by atoms with Gasteiger partial charge in [-0.15, -0.1) is 0 Å². The number of benzene rings is 1. The van der Waals surface area contributed by atoms with E-state index in [9.17, 15) is 23.8 Å². The van der Waals surface area contributed by atoms with Crippen LogP contribution in [0.4, 0.5) is 14.5 Å². The molecular formula is C21H29F2NO3. The van der Waals surface area contributed by atoms with Crippen LogP contribution < -0.4 is 4.90 Å². The Bertz CT molecular complexity index is 676. The van der Waals surface area contributed by atoms with Crippen LogP contribution in [0.3, 0.4) is 0 Å². The lowest BCUT2D eigenvalue weighted by molar-refractivity contribution is -0.130. The van der Waals surface area contributed by atoms with Crippen molar-refractivity contribution in [3.05, 3.63) is 29.8 Å². The number of alkyl halides is 2. The topological polar surface area (TPSA) is 60.8 Å². The number of nitrogens with zero attached hydrogens (tertiary/aromatic N) is 1. The maximum atomic E-state index is 13.3. The Morgan fingerprint density at radius 2 is 1.74 bits per heavy atom. The lowest BCUT2D eigenvalue weighted by Gasteiger charge is -2.41. The van der Waals surface area contributed by atoms with Crippen molar-refractivity contribution in [2.75, 3.05) is 11.4 Å². The van der Waals surface area contributed by atoms with Crippen molar-refractivity contribution in [1.82, 2.24) is 0 Å². The van der Waals surface area contributed by atoms with Crippen LogP contribution in [0.1, 0.15) is 70.5 Å². The molecule has 1 aromatic rings. The minimum atomic E-state index is -3.22. The van der Waals surface area contributed by atoms with E-state index in [-0.39, 0.29) is 11.5 Å². The molecule has 1 atom stereocenters. The van der Waals surface area contributed by atoms with Gasteiger partial charge in [-0.2, -0.15) is 0 Å². The number of carbonyl (C=O) groups is 1. The lowest BCUT2D eigenvalue weighted by Crippen LogP contribution is -2.43. The summed E-state index contributed by atoms with van der Waals surface area (Å²) in [6.07, 6.45) is 3.28. The fourth-order valence-corrected chi connectivity index (χ4v) is 4.57. The molecule has 150 valence electrons. The Hall–Kier alpha value is -1.53. The summed E-state index contributed by atoms with van der Waals surface area (Å²) in [4.78, 5) is 14.8. The van der Waals surface area contributed by atoms with E-state index in [1.165, 1.54) is 12.1 Å². The highest BCUT2D eigenvalue weighted by molar-refractivity contribution is 6.00. The van der Waals surface area contributed by atoms with E-state index in [0.717, 1.165) is 19.3 Å². The van der Waals surface area contributed by atoms with Gasteiger partial charge in [-0.05, 0) is 56.2 Å². The maximum Gasteiger partial charge on any atom is 0.274 e. The van der Waals surface area contributed by atoms with Gasteiger partial charge < -0.3 is 15.1 Å². The molecule has 0 radical (unpaired) electrons. The van der Waals surface area contributed by atoms with Crippen LogP contribution >= 0.6 is 0 Å². The Morgan fingerprint density at radius 1 is 1.15 bits per heavy atom. The van der Waals surface area contributed by atoms with Crippen LogP contribution in [-0.4, -0.2) is 34.2 Å². The average molecular weight is 381 g/mol. The largest absolute Gasteiger partial charge is 0.390 e. The minimum absolute atomic E-state index is 0.0650. The first kappa shape index (κ1) is 20.2. The zero-order valence-corrected chi connectivity index (χ0v) is 16.0. The Labute approximate surface area is 159 Å². The summed E-state index contributed by atoms with van der Waals surface area (Å²) in [5.41, 5.74) is -0.248. The SMILES string of the molecule is CCC[C@]1(O)CC[C@]2(CCN(c3ccc(C(O)C(C)(F)F)cc3)C2=O)CC1. The fourth-order valence-electron chi connectivity index (χ4n) is 4.57. The second-order valence-electron chi connectivity index (χ2n) is 8.41. The molecule has 2 fully saturated rings. The van der Waals surface area contributed by atoms with Gasteiger partial charge in [-0.3, -0.25) is 4.79 Å². The molecule has 6 heteroatoms. The first-order chi connectivity index (χ1) is 12.6. The molecular weight excluding hydrogens is 352 g/mol. The van der Waals surface area contributed by atoms with E-state index in [4.69, 9.17) is 0 Å². The molecule has 3 rings (SSSR count). The summed E-state index contributed by atoms with van der Waals surface area (Å²) in [5, 5.41) is 20.3. The molecule has 1 aliphatic heterocycles. The summed E-state index contributed by atoms with van der Waals surface area (Å²) in [7, 11) is 0. The van der Waals surface area contributed by atoms with E-state index >= 15 is 0 Å². The van der Waals surface area contributed by atoms with Crippen LogP contribution in [-0.2, 0) is 4.79 Å². The van der Waals surface area contributed by atoms with Gasteiger partial charge in [-0.1, -0.05) is 25.5 Å². The average Bonchev–Trinajstić information content (AvgIpc) is 2.94. The number of hydrogen-bond acceptors (Lipinski definition) is 3. The molecule has 4 nitrogen and oxygen atoms in total. The molecule has 1 saturated heterocycles. The van der Waals surface area contributed by atoms with Crippen molar-refractivity contribution in [3.63, 3.8) is 0 Å². The van der Waals surface area contributed by atoms with Gasteiger partial charge in [0.15, 0.2) is 0 Å². The summed E-state index contributed by atoms with van der Waals surface area (Å²) in [6, 6.07) is 6.15. The van der Waals surface area contributed by atoms with Crippen LogP contribution in [0, 0.1) is 5.41 Å². The highest BCUT2D eigenvalue weighted by Gasteiger charge is 2.51. The Balaban J connectivity index is 1.71. The maximum absolute atomic E-state index is 13.3. The Kier molecular flexibility index (Phi) is 5.34. The zero-order valence-electron chi connectivity index (χ0n) is 16.0. The van der Waals surface area contributed by atoms with E-state index < -0.39 is 23.0 Å². The zero-order chi connectivity index (χ0) is 19.9. The molecule has 1 aliphatic carbocycles. The van der Waals surface area contributed by atoms with Crippen LogP contribution in [0.2, 0.25) is 0 Å². The molecule has 1 spiro atoms. The quantitative estimate of drug-likeness (QED) is 0.803. The molecule has 2 aliphatic rings. The molecule has 0 aromatic heterocycles. The van der Waals surface area contributed by atoms with Crippen molar-refractivity contribution in [2.45, 2.75) is 76.4 Å². The summed E-state index contributed by atoms with van der Waals surface area (Å²) >= 11 is 0. The second-order valence-corrected chi connectivity index (χ2v) is 8.41. The van der Waals surface area contributed by atoms with Gasteiger partial charge in [0.25, 0.3) is 5.92 Å². The highest BCUT2D eigenvalue weighted by Crippen LogP contribution is 2.49. The van der Waals surface area contributed by atoms with Crippen molar-refractivity contribution in [1.29, 1.82) is 0 Å². The standard InChI is InChI=1S/C21H29F2NO3/c1-3-8-21(27)11-9-20(10-12-21)13-14-24(18(20)26)16-6-4-15(5-7-16)17(25)19(2,22)23/h4-7,17,25,27H,3,8-14H2,1-2H3/t17?,20-,21+. The third kappa shape index (κ3) is 3.87. The molecule has 0 bridgehead atoms. The van der Waals surface area contributed by atoms with E-state index in [0.29, 0.717) is 44.8 Å². The predicted octanol–water partition coefficient (Wildman–Crippen LogP) is 4.20. The molecule has 2 N–H and O–H groups in total. The van der Waals surface area contributed by atoms with Gasteiger partial charge in [0.05, 0.1) is 11.0 Å². The number of halogens is 2. The monoisotopic (exact) mass is 381 g/mol. The summed E-state index contributed by atoms with van der Waals surface area (Å²) in [5.74, 6) is -3.15. The number of carbonyl (C=O) groups excluding carboxylic acids is 1. The van der Waals surface area contributed by atoms with Crippen molar-refractivity contribution in [3.8, 4) is 0 Å². The van der Waals surface area contributed by atoms with E-state index in [1.807, 2.05) is 0 Å². The smallest absolute Gasteiger partial charge is 0.274 e. The number of aliphatic hydroxyl groups excluding tert-OH is 1. The van der Waals surface area contributed by atoms with Crippen LogP contribution in [0.15, 0.2) is 24.3 Å². The van der Waals surface area contributed by atoms with Crippen LogP contribution in [0.25, 0.3) is 0 Å². The summed E-state index contributed by atoms with van der Waals surface area (Å²) in [6.45, 7) is 3.33. The number of anilines is 1. The number of amides is 1. The van der Waals surface area contributed by atoms with Crippen molar-refractivity contribution < 1.29 is 23.8 Å². The number of hydrogen-bond donors (Lipinski definition) is 2. The van der Waals surface area contributed by atoms with Gasteiger partial charge in [0.1, 0.15) is 6.10 Å². The normalized spacial score (nSPS) is 30.1.